The molecule has 6 heteroatoms. The topological polar surface area (TPSA) is 44.8 Å². The predicted molar refractivity (Wildman–Crippen MR) is 81.5 cm³/mol. The van der Waals surface area contributed by atoms with Crippen molar-refractivity contribution >= 4 is 29.2 Å². The first kappa shape index (κ1) is 16.2. The largest absolute Gasteiger partial charge is 0.489 e. The van der Waals surface area contributed by atoms with E-state index in [2.05, 4.69) is 0 Å². The van der Waals surface area contributed by atoms with Crippen LogP contribution in [0.4, 0.5) is 0 Å². The van der Waals surface area contributed by atoms with Crippen LogP contribution in [0.5, 0.6) is 11.5 Å². The summed E-state index contributed by atoms with van der Waals surface area (Å²) in [7, 11) is 0. The highest BCUT2D eigenvalue weighted by Gasteiger charge is 2.19. The lowest BCUT2D eigenvalue weighted by atomic mass is 10.1. The van der Waals surface area contributed by atoms with Gasteiger partial charge in [0.2, 0.25) is 0 Å². The van der Waals surface area contributed by atoms with E-state index in [9.17, 15) is 4.79 Å². The van der Waals surface area contributed by atoms with Crippen molar-refractivity contribution < 1.29 is 19.0 Å². The van der Waals surface area contributed by atoms with E-state index >= 15 is 0 Å². The van der Waals surface area contributed by atoms with Gasteiger partial charge in [-0.3, -0.25) is 4.79 Å². The second-order valence-corrected chi connectivity index (χ2v) is 5.63. The fourth-order valence-corrected chi connectivity index (χ4v) is 2.58. The molecule has 4 nitrogen and oxygen atoms in total. The summed E-state index contributed by atoms with van der Waals surface area (Å²) in [6.45, 7) is 3.32. The first-order valence-electron chi connectivity index (χ1n) is 7.00. The normalized spacial score (nSPS) is 15.2. The highest BCUT2D eigenvalue weighted by molar-refractivity contribution is 6.32. The van der Waals surface area contributed by atoms with Gasteiger partial charge >= 0.3 is 5.97 Å². The van der Waals surface area contributed by atoms with Gasteiger partial charge in [0.25, 0.3) is 0 Å². The van der Waals surface area contributed by atoms with Crippen LogP contribution in [0.1, 0.15) is 37.1 Å². The zero-order valence-electron chi connectivity index (χ0n) is 11.9. The standard InChI is InChI=1S/C15H18Cl2O4/c1-2-19-14(18)5-4-11(16)10-8-12(17)15-13(9-10)20-6-3-7-21-15/h8-9,11H,2-7H2,1H3. The number of esters is 1. The molecule has 1 aromatic rings. The zero-order chi connectivity index (χ0) is 15.2. The number of hydrogen-bond acceptors (Lipinski definition) is 4. The number of ether oxygens (including phenoxy) is 3. The van der Waals surface area contributed by atoms with Crippen molar-refractivity contribution in [2.24, 2.45) is 0 Å². The van der Waals surface area contributed by atoms with Crippen molar-refractivity contribution in [3.05, 3.63) is 22.7 Å². The van der Waals surface area contributed by atoms with Crippen LogP contribution < -0.4 is 9.47 Å². The molecule has 0 amide bonds. The predicted octanol–water partition coefficient (Wildman–Crippen LogP) is 4.12. The van der Waals surface area contributed by atoms with Gasteiger partial charge in [0.1, 0.15) is 0 Å². The minimum Gasteiger partial charge on any atom is -0.489 e. The summed E-state index contributed by atoms with van der Waals surface area (Å²) >= 11 is 12.6. The Labute approximate surface area is 134 Å². The number of fused-ring (bicyclic) bond motifs is 1. The molecule has 0 radical (unpaired) electrons. The average molecular weight is 333 g/mol. The summed E-state index contributed by atoms with van der Waals surface area (Å²) in [5, 5.41) is 0.148. The molecule has 0 fully saturated rings. The summed E-state index contributed by atoms with van der Waals surface area (Å²) in [4.78, 5) is 11.4. The van der Waals surface area contributed by atoms with Gasteiger partial charge in [-0.15, -0.1) is 11.6 Å². The molecule has 1 aromatic carbocycles. The van der Waals surface area contributed by atoms with Gasteiger partial charge in [0, 0.05) is 12.8 Å². The molecule has 0 N–H and O–H groups in total. The highest BCUT2D eigenvalue weighted by atomic mass is 35.5. The number of hydrogen-bond donors (Lipinski definition) is 0. The highest BCUT2D eigenvalue weighted by Crippen LogP contribution is 2.41. The van der Waals surface area contributed by atoms with Crippen molar-refractivity contribution in [1.82, 2.24) is 0 Å². The smallest absolute Gasteiger partial charge is 0.305 e. The molecule has 1 heterocycles. The van der Waals surface area contributed by atoms with Crippen LogP contribution in [0.2, 0.25) is 5.02 Å². The molecule has 1 unspecified atom stereocenters. The third-order valence-corrected chi connectivity index (χ3v) is 3.84. The average Bonchev–Trinajstić information content (AvgIpc) is 2.70. The Morgan fingerprint density at radius 3 is 2.90 bits per heavy atom. The van der Waals surface area contributed by atoms with Crippen LogP contribution in [0.15, 0.2) is 12.1 Å². The van der Waals surface area contributed by atoms with Gasteiger partial charge in [0.05, 0.1) is 30.2 Å². The number of carbonyl (C=O) groups is 1. The van der Waals surface area contributed by atoms with Gasteiger partial charge in [-0.1, -0.05) is 11.6 Å². The van der Waals surface area contributed by atoms with E-state index in [1.54, 1.807) is 13.0 Å². The van der Waals surface area contributed by atoms with Gasteiger partial charge in [-0.05, 0) is 31.0 Å². The minimum absolute atomic E-state index is 0.247. The molecule has 116 valence electrons. The Hall–Kier alpha value is -1.13. The monoisotopic (exact) mass is 332 g/mol. The van der Waals surface area contributed by atoms with Crippen molar-refractivity contribution in [1.29, 1.82) is 0 Å². The fourth-order valence-electron chi connectivity index (χ4n) is 2.08. The molecule has 2 rings (SSSR count). The van der Waals surface area contributed by atoms with Crippen LogP contribution >= 0.6 is 23.2 Å². The molecule has 1 atom stereocenters. The number of rotatable bonds is 5. The van der Waals surface area contributed by atoms with Crippen molar-refractivity contribution in [3.63, 3.8) is 0 Å². The van der Waals surface area contributed by atoms with Gasteiger partial charge in [0.15, 0.2) is 11.5 Å². The summed E-state index contributed by atoms with van der Waals surface area (Å²) in [6, 6.07) is 3.59. The van der Waals surface area contributed by atoms with E-state index in [1.165, 1.54) is 0 Å². The third-order valence-electron chi connectivity index (χ3n) is 3.09. The fraction of sp³-hybridized carbons (Fsp3) is 0.533. The second-order valence-electron chi connectivity index (χ2n) is 4.69. The maximum atomic E-state index is 11.4. The molecular weight excluding hydrogens is 315 g/mol. The lowest BCUT2D eigenvalue weighted by Crippen LogP contribution is -2.05. The summed E-state index contributed by atoms with van der Waals surface area (Å²) < 4.78 is 16.1. The SMILES string of the molecule is CCOC(=O)CCC(Cl)c1cc(Cl)c2c(c1)OCCCO2. The molecule has 21 heavy (non-hydrogen) atoms. The number of alkyl halides is 1. The van der Waals surface area contributed by atoms with Crippen LogP contribution in [0.25, 0.3) is 0 Å². The first-order chi connectivity index (χ1) is 10.1. The van der Waals surface area contributed by atoms with Gasteiger partial charge < -0.3 is 14.2 Å². The van der Waals surface area contributed by atoms with Gasteiger partial charge in [-0.2, -0.15) is 0 Å². The maximum absolute atomic E-state index is 11.4. The van der Waals surface area contributed by atoms with Crippen LogP contribution in [-0.2, 0) is 9.53 Å². The minimum atomic E-state index is -0.330. The molecule has 0 aromatic heterocycles. The lowest BCUT2D eigenvalue weighted by molar-refractivity contribution is -0.143. The van der Waals surface area contributed by atoms with E-state index in [1.807, 2.05) is 6.07 Å². The molecular formula is C15H18Cl2O4. The third kappa shape index (κ3) is 4.42. The summed E-state index contributed by atoms with van der Waals surface area (Å²) in [6.07, 6.45) is 1.57. The van der Waals surface area contributed by atoms with Crippen molar-refractivity contribution in [2.75, 3.05) is 19.8 Å². The summed E-state index contributed by atoms with van der Waals surface area (Å²) in [5.41, 5.74) is 0.815. The summed E-state index contributed by atoms with van der Waals surface area (Å²) in [5.74, 6) is 0.924. The van der Waals surface area contributed by atoms with E-state index in [0.717, 1.165) is 12.0 Å². The van der Waals surface area contributed by atoms with Crippen molar-refractivity contribution in [3.8, 4) is 11.5 Å². The van der Waals surface area contributed by atoms with E-state index in [4.69, 9.17) is 37.4 Å². The molecule has 0 saturated heterocycles. The Morgan fingerprint density at radius 2 is 2.14 bits per heavy atom. The van der Waals surface area contributed by atoms with Crippen LogP contribution in [0, 0.1) is 0 Å². The van der Waals surface area contributed by atoms with Crippen LogP contribution in [0.3, 0.4) is 0 Å². The number of carbonyl (C=O) groups excluding carboxylic acids is 1. The zero-order valence-corrected chi connectivity index (χ0v) is 13.4. The molecule has 0 spiro atoms. The molecule has 0 aliphatic carbocycles. The van der Waals surface area contributed by atoms with Crippen LogP contribution in [-0.4, -0.2) is 25.8 Å². The van der Waals surface area contributed by atoms with Gasteiger partial charge in [-0.25, -0.2) is 0 Å². The number of benzene rings is 1. The number of halogens is 2. The molecule has 0 bridgehead atoms. The first-order valence-corrected chi connectivity index (χ1v) is 7.82. The van der Waals surface area contributed by atoms with E-state index < -0.39 is 0 Å². The lowest BCUT2D eigenvalue weighted by Gasteiger charge is -2.14. The molecule has 0 saturated carbocycles. The maximum Gasteiger partial charge on any atom is 0.305 e. The Kier molecular flexibility index (Phi) is 6.00. The molecule has 1 aliphatic rings. The Morgan fingerprint density at radius 1 is 1.38 bits per heavy atom. The van der Waals surface area contributed by atoms with E-state index in [0.29, 0.717) is 42.8 Å². The Bertz CT molecular complexity index is 505. The Balaban J connectivity index is 2.07. The quantitative estimate of drug-likeness (QED) is 0.600. The van der Waals surface area contributed by atoms with E-state index in [-0.39, 0.29) is 17.8 Å². The second kappa shape index (κ2) is 7.76. The van der Waals surface area contributed by atoms with Crippen molar-refractivity contribution in [2.45, 2.75) is 31.6 Å². The molecule has 1 aliphatic heterocycles.